The molecule has 1 aromatic rings. The van der Waals surface area contributed by atoms with Gasteiger partial charge in [0.05, 0.1) is 0 Å². The molecule has 0 spiro atoms. The van der Waals surface area contributed by atoms with Gasteiger partial charge < -0.3 is 5.32 Å². The van der Waals surface area contributed by atoms with Crippen molar-refractivity contribution in [2.45, 2.75) is 38.6 Å². The number of piperidine rings is 1. The van der Waals surface area contributed by atoms with Gasteiger partial charge in [0, 0.05) is 6.04 Å². The first-order chi connectivity index (χ1) is 7.16. The molecule has 1 aliphatic rings. The molecule has 0 radical (unpaired) electrons. The first-order valence-electron chi connectivity index (χ1n) is 5.66. The first-order valence-corrected chi connectivity index (χ1v) is 5.66. The minimum Gasteiger partial charge on any atom is -0.314 e. The number of hydrogen-bond donors (Lipinski definition) is 1. The first kappa shape index (κ1) is 10.6. The second-order valence-electron chi connectivity index (χ2n) is 4.59. The van der Waals surface area contributed by atoms with Gasteiger partial charge in [-0.3, -0.25) is 0 Å². The Morgan fingerprint density at radius 3 is 2.87 bits per heavy atom. The summed E-state index contributed by atoms with van der Waals surface area (Å²) in [6.45, 7) is 5.04. The van der Waals surface area contributed by atoms with Gasteiger partial charge in [-0.25, -0.2) is 4.39 Å². The van der Waals surface area contributed by atoms with Crippen LogP contribution >= 0.6 is 0 Å². The van der Waals surface area contributed by atoms with Crippen LogP contribution in [0, 0.1) is 12.7 Å². The van der Waals surface area contributed by atoms with Gasteiger partial charge in [-0.1, -0.05) is 12.1 Å². The van der Waals surface area contributed by atoms with E-state index in [4.69, 9.17) is 0 Å². The zero-order valence-corrected chi connectivity index (χ0v) is 9.39. The molecular weight excluding hydrogens is 189 g/mol. The molecule has 2 heteroatoms. The third kappa shape index (κ3) is 2.37. The lowest BCUT2D eigenvalue weighted by Crippen LogP contribution is -2.34. The van der Waals surface area contributed by atoms with Gasteiger partial charge in [0.2, 0.25) is 0 Å². The van der Waals surface area contributed by atoms with Crippen molar-refractivity contribution < 1.29 is 4.39 Å². The smallest absolute Gasteiger partial charge is 0.126 e. The highest BCUT2D eigenvalue weighted by atomic mass is 19.1. The highest BCUT2D eigenvalue weighted by Crippen LogP contribution is 2.28. The zero-order chi connectivity index (χ0) is 10.8. The van der Waals surface area contributed by atoms with Crippen LogP contribution in [0.5, 0.6) is 0 Å². The van der Waals surface area contributed by atoms with Crippen LogP contribution in [0.25, 0.3) is 0 Å². The predicted molar refractivity (Wildman–Crippen MR) is 60.6 cm³/mol. The molecule has 1 heterocycles. The molecule has 0 amide bonds. The van der Waals surface area contributed by atoms with E-state index < -0.39 is 0 Å². The van der Waals surface area contributed by atoms with Crippen LogP contribution in [0.1, 0.15) is 36.8 Å². The molecule has 0 saturated carbocycles. The number of rotatable bonds is 1. The van der Waals surface area contributed by atoms with E-state index in [1.165, 1.54) is 0 Å². The van der Waals surface area contributed by atoms with Gasteiger partial charge in [-0.2, -0.15) is 0 Å². The van der Waals surface area contributed by atoms with E-state index in [0.29, 0.717) is 12.0 Å². The fourth-order valence-corrected chi connectivity index (χ4v) is 2.30. The summed E-state index contributed by atoms with van der Waals surface area (Å²) in [7, 11) is 0. The molecule has 2 rings (SSSR count). The molecule has 1 fully saturated rings. The third-order valence-electron chi connectivity index (χ3n) is 3.29. The molecule has 0 aromatic heterocycles. The van der Waals surface area contributed by atoms with E-state index in [0.717, 1.165) is 30.5 Å². The summed E-state index contributed by atoms with van der Waals surface area (Å²) in [6, 6.07) is 6.21. The lowest BCUT2D eigenvalue weighted by atomic mass is 9.86. The maximum absolute atomic E-state index is 13.4. The summed E-state index contributed by atoms with van der Waals surface area (Å²) >= 11 is 0. The quantitative estimate of drug-likeness (QED) is 0.746. The number of aryl methyl sites for hydroxylation is 1. The van der Waals surface area contributed by atoms with Crippen LogP contribution in [0.15, 0.2) is 18.2 Å². The van der Waals surface area contributed by atoms with Gasteiger partial charge >= 0.3 is 0 Å². The van der Waals surface area contributed by atoms with Crippen LogP contribution in [0.4, 0.5) is 4.39 Å². The summed E-state index contributed by atoms with van der Waals surface area (Å²) in [4.78, 5) is 0. The Morgan fingerprint density at radius 1 is 1.40 bits per heavy atom. The van der Waals surface area contributed by atoms with Crippen molar-refractivity contribution in [2.75, 3.05) is 6.54 Å². The number of hydrogen-bond acceptors (Lipinski definition) is 1. The normalized spacial score (nSPS) is 26.6. The summed E-state index contributed by atoms with van der Waals surface area (Å²) in [5, 5.41) is 3.41. The lowest BCUT2D eigenvalue weighted by Gasteiger charge is -2.28. The lowest BCUT2D eigenvalue weighted by molar-refractivity contribution is 0.380. The maximum atomic E-state index is 13.4. The largest absolute Gasteiger partial charge is 0.314 e. The molecule has 2 atom stereocenters. The van der Waals surface area contributed by atoms with Crippen molar-refractivity contribution in [2.24, 2.45) is 0 Å². The fraction of sp³-hybridized carbons (Fsp3) is 0.538. The second-order valence-corrected chi connectivity index (χ2v) is 4.59. The van der Waals surface area contributed by atoms with Crippen molar-refractivity contribution in [3.8, 4) is 0 Å². The average Bonchev–Trinajstić information content (AvgIpc) is 2.22. The summed E-state index contributed by atoms with van der Waals surface area (Å²) in [6.07, 6.45) is 2.23. The monoisotopic (exact) mass is 207 g/mol. The molecule has 1 aliphatic heterocycles. The van der Waals surface area contributed by atoms with Gasteiger partial charge in [0.1, 0.15) is 5.82 Å². The molecule has 15 heavy (non-hydrogen) atoms. The van der Waals surface area contributed by atoms with Crippen molar-refractivity contribution in [3.05, 3.63) is 35.1 Å². The standard InChI is InChI=1S/C13H18FN/c1-9-3-4-11(8-13(9)14)12-5-6-15-10(2)7-12/h3-4,8,10,12,15H,5-7H2,1-2H3. The Hall–Kier alpha value is -0.890. The fourth-order valence-electron chi connectivity index (χ4n) is 2.30. The topological polar surface area (TPSA) is 12.0 Å². The van der Waals surface area contributed by atoms with Crippen LogP contribution < -0.4 is 5.32 Å². The summed E-state index contributed by atoms with van der Waals surface area (Å²) < 4.78 is 13.4. The van der Waals surface area contributed by atoms with E-state index in [9.17, 15) is 4.39 Å². The van der Waals surface area contributed by atoms with E-state index in [2.05, 4.69) is 18.3 Å². The van der Waals surface area contributed by atoms with Crippen molar-refractivity contribution in [3.63, 3.8) is 0 Å². The van der Waals surface area contributed by atoms with E-state index in [1.54, 1.807) is 6.07 Å². The van der Waals surface area contributed by atoms with Crippen LogP contribution in [-0.4, -0.2) is 12.6 Å². The minimum atomic E-state index is -0.0707. The Balaban J connectivity index is 2.18. The molecule has 0 aliphatic carbocycles. The molecular formula is C13H18FN. The number of halogens is 1. The van der Waals surface area contributed by atoms with Crippen LogP contribution in [-0.2, 0) is 0 Å². The molecule has 1 aromatic carbocycles. The predicted octanol–water partition coefficient (Wildman–Crippen LogP) is 2.99. The van der Waals surface area contributed by atoms with E-state index in [-0.39, 0.29) is 5.82 Å². The van der Waals surface area contributed by atoms with E-state index in [1.807, 2.05) is 13.0 Å². The number of benzene rings is 1. The summed E-state index contributed by atoms with van der Waals surface area (Å²) in [5.41, 5.74) is 1.90. The number of nitrogens with one attached hydrogen (secondary N) is 1. The van der Waals surface area contributed by atoms with Gasteiger partial charge in [0.25, 0.3) is 0 Å². The average molecular weight is 207 g/mol. The Labute approximate surface area is 90.7 Å². The van der Waals surface area contributed by atoms with Crippen LogP contribution in [0.2, 0.25) is 0 Å². The molecule has 0 bridgehead atoms. The van der Waals surface area contributed by atoms with Crippen molar-refractivity contribution in [1.82, 2.24) is 5.32 Å². The third-order valence-corrected chi connectivity index (χ3v) is 3.29. The van der Waals surface area contributed by atoms with Gasteiger partial charge in [-0.15, -0.1) is 0 Å². The Morgan fingerprint density at radius 2 is 2.20 bits per heavy atom. The highest BCUT2D eigenvalue weighted by molar-refractivity contribution is 5.26. The van der Waals surface area contributed by atoms with Crippen molar-refractivity contribution in [1.29, 1.82) is 0 Å². The van der Waals surface area contributed by atoms with Crippen LogP contribution in [0.3, 0.4) is 0 Å². The SMILES string of the molecule is Cc1ccc(C2CCNC(C)C2)cc1F. The zero-order valence-electron chi connectivity index (χ0n) is 9.39. The second kappa shape index (κ2) is 4.31. The van der Waals surface area contributed by atoms with E-state index >= 15 is 0 Å². The highest BCUT2D eigenvalue weighted by Gasteiger charge is 2.20. The molecule has 2 unspecified atom stereocenters. The van der Waals surface area contributed by atoms with Gasteiger partial charge in [0.15, 0.2) is 0 Å². The minimum absolute atomic E-state index is 0.0707. The molecule has 1 nitrogen and oxygen atoms in total. The molecule has 1 saturated heterocycles. The maximum Gasteiger partial charge on any atom is 0.126 e. The molecule has 82 valence electrons. The van der Waals surface area contributed by atoms with Crippen molar-refractivity contribution >= 4 is 0 Å². The summed E-state index contributed by atoms with van der Waals surface area (Å²) in [5.74, 6) is 0.454. The van der Waals surface area contributed by atoms with Gasteiger partial charge in [-0.05, 0) is 56.3 Å². The Bertz CT molecular complexity index is 348. The Kier molecular flexibility index (Phi) is 3.06. The molecule has 1 N–H and O–H groups in total.